The highest BCUT2D eigenvalue weighted by atomic mass is 35.5. The van der Waals surface area contributed by atoms with E-state index in [9.17, 15) is 22.0 Å². The number of hydrogen-bond acceptors (Lipinski definition) is 4. The van der Waals surface area contributed by atoms with Crippen molar-refractivity contribution in [1.29, 1.82) is 0 Å². The van der Waals surface area contributed by atoms with Gasteiger partial charge in [0.2, 0.25) is 5.95 Å². The molecule has 0 aliphatic carbocycles. The Hall–Kier alpha value is -2.84. The number of carbonyl (C=O) groups is 1. The smallest absolute Gasteiger partial charge is 0.263 e. The first-order chi connectivity index (χ1) is 14.2. The normalized spacial score (nSPS) is 11.3. The molecule has 1 N–H and O–H groups in total. The zero-order chi connectivity index (χ0) is 21.7. The average Bonchev–Trinajstić information content (AvgIpc) is 2.70. The summed E-state index contributed by atoms with van der Waals surface area (Å²) in [5.74, 6) is -2.15. The lowest BCUT2D eigenvalue weighted by Crippen LogP contribution is -2.15. The van der Waals surface area contributed by atoms with Gasteiger partial charge in [0.15, 0.2) is 5.78 Å². The van der Waals surface area contributed by atoms with E-state index in [1.54, 1.807) is 24.3 Å². The molecule has 5 nitrogen and oxygen atoms in total. The Morgan fingerprint density at radius 2 is 1.77 bits per heavy atom. The molecule has 1 aromatic heterocycles. The van der Waals surface area contributed by atoms with Crippen LogP contribution in [-0.4, -0.2) is 19.2 Å². The van der Waals surface area contributed by atoms with E-state index < -0.39 is 21.8 Å². The molecule has 0 amide bonds. The SMILES string of the molecule is O=C(CCCc1ccc(F)c(Cl)c1)c1cc(F)nc(NS(=O)(=O)c2ccccc2)c1. The van der Waals surface area contributed by atoms with Crippen molar-refractivity contribution in [2.75, 3.05) is 4.72 Å². The minimum absolute atomic E-state index is 0.00497. The highest BCUT2D eigenvalue weighted by molar-refractivity contribution is 7.92. The van der Waals surface area contributed by atoms with E-state index in [1.807, 2.05) is 0 Å². The number of halogens is 3. The summed E-state index contributed by atoms with van der Waals surface area (Å²) in [5.41, 5.74) is 0.775. The van der Waals surface area contributed by atoms with Crippen molar-refractivity contribution in [3.05, 3.63) is 88.6 Å². The Kier molecular flexibility index (Phi) is 6.79. The van der Waals surface area contributed by atoms with Gasteiger partial charge in [-0.25, -0.2) is 17.8 Å². The molecule has 3 aromatic rings. The summed E-state index contributed by atoms with van der Waals surface area (Å²) >= 11 is 5.74. The molecule has 0 radical (unpaired) electrons. The molecule has 2 aromatic carbocycles. The van der Waals surface area contributed by atoms with Gasteiger partial charge in [-0.3, -0.25) is 9.52 Å². The summed E-state index contributed by atoms with van der Waals surface area (Å²) in [4.78, 5) is 15.9. The predicted octanol–water partition coefficient (Wildman–Crippen LogP) is 5.02. The van der Waals surface area contributed by atoms with Crippen LogP contribution in [-0.2, 0) is 16.4 Å². The molecule has 9 heteroatoms. The molecule has 0 unspecified atom stereocenters. The van der Waals surface area contributed by atoms with Gasteiger partial charge in [-0.2, -0.15) is 4.39 Å². The second kappa shape index (κ2) is 9.32. The molecular formula is C21H17ClF2N2O3S. The van der Waals surface area contributed by atoms with Gasteiger partial charge < -0.3 is 0 Å². The van der Waals surface area contributed by atoms with E-state index in [4.69, 9.17) is 11.6 Å². The first kappa shape index (κ1) is 21.9. The lowest BCUT2D eigenvalue weighted by atomic mass is 10.0. The number of aryl methyl sites for hydroxylation is 1. The third-order valence-corrected chi connectivity index (χ3v) is 5.92. The molecule has 0 saturated heterocycles. The maximum absolute atomic E-state index is 13.9. The first-order valence-corrected chi connectivity index (χ1v) is 10.8. The number of nitrogens with zero attached hydrogens (tertiary/aromatic N) is 1. The van der Waals surface area contributed by atoms with Crippen LogP contribution in [0.2, 0.25) is 5.02 Å². The van der Waals surface area contributed by atoms with Gasteiger partial charge in [-0.15, -0.1) is 0 Å². The van der Waals surface area contributed by atoms with Gasteiger partial charge in [0.05, 0.1) is 9.92 Å². The van der Waals surface area contributed by atoms with Crippen molar-refractivity contribution in [2.24, 2.45) is 0 Å². The van der Waals surface area contributed by atoms with E-state index in [0.717, 1.165) is 11.6 Å². The van der Waals surface area contributed by atoms with Crippen LogP contribution in [0.15, 0.2) is 65.6 Å². The van der Waals surface area contributed by atoms with Crippen molar-refractivity contribution in [3.63, 3.8) is 0 Å². The van der Waals surface area contributed by atoms with Crippen LogP contribution in [0.25, 0.3) is 0 Å². The molecule has 0 saturated carbocycles. The fourth-order valence-electron chi connectivity index (χ4n) is 2.80. The lowest BCUT2D eigenvalue weighted by Gasteiger charge is -2.09. The van der Waals surface area contributed by atoms with Crippen LogP contribution < -0.4 is 4.72 Å². The summed E-state index contributed by atoms with van der Waals surface area (Å²) in [6.45, 7) is 0. The van der Waals surface area contributed by atoms with Gasteiger partial charge in [0.1, 0.15) is 11.6 Å². The second-order valence-corrected chi connectivity index (χ2v) is 8.60. The maximum Gasteiger partial charge on any atom is 0.263 e. The molecule has 3 rings (SSSR count). The number of sulfonamides is 1. The Balaban J connectivity index is 1.68. The van der Waals surface area contributed by atoms with E-state index >= 15 is 0 Å². The van der Waals surface area contributed by atoms with Crippen molar-refractivity contribution in [2.45, 2.75) is 24.2 Å². The standard InChI is InChI=1S/C21H17ClF2N2O3S/c22-17-11-14(9-10-18(17)23)5-4-8-19(27)15-12-20(24)25-21(13-15)26-30(28,29)16-6-2-1-3-7-16/h1-3,6-7,9-13H,4-5,8H2,(H,25,26). The topological polar surface area (TPSA) is 76.1 Å². The third-order valence-electron chi connectivity index (χ3n) is 4.26. The predicted molar refractivity (Wildman–Crippen MR) is 110 cm³/mol. The highest BCUT2D eigenvalue weighted by Crippen LogP contribution is 2.20. The second-order valence-electron chi connectivity index (χ2n) is 6.51. The molecule has 156 valence electrons. The largest absolute Gasteiger partial charge is 0.294 e. The number of nitrogens with one attached hydrogen (secondary N) is 1. The van der Waals surface area contributed by atoms with E-state index in [2.05, 4.69) is 9.71 Å². The minimum Gasteiger partial charge on any atom is -0.294 e. The number of aromatic nitrogens is 1. The zero-order valence-electron chi connectivity index (χ0n) is 15.6. The van der Waals surface area contributed by atoms with Gasteiger partial charge in [0.25, 0.3) is 10.0 Å². The fourth-order valence-corrected chi connectivity index (χ4v) is 4.02. The first-order valence-electron chi connectivity index (χ1n) is 8.97. The minimum atomic E-state index is -3.97. The third kappa shape index (κ3) is 5.61. The Morgan fingerprint density at radius 3 is 2.47 bits per heavy atom. The quantitative estimate of drug-likeness (QED) is 0.386. The number of anilines is 1. The van der Waals surface area contributed by atoms with Gasteiger partial charge in [0, 0.05) is 18.1 Å². The van der Waals surface area contributed by atoms with Crippen LogP contribution in [0.4, 0.5) is 14.6 Å². The molecule has 0 bridgehead atoms. The fraction of sp³-hybridized carbons (Fsp3) is 0.143. The summed E-state index contributed by atoms with van der Waals surface area (Å²) in [5, 5.41) is 0.00497. The molecule has 30 heavy (non-hydrogen) atoms. The Morgan fingerprint density at radius 1 is 1.03 bits per heavy atom. The number of rotatable bonds is 8. The van der Waals surface area contributed by atoms with Gasteiger partial charge in [-0.05, 0) is 48.7 Å². The van der Waals surface area contributed by atoms with Crippen molar-refractivity contribution >= 4 is 33.2 Å². The van der Waals surface area contributed by atoms with E-state index in [-0.39, 0.29) is 33.5 Å². The number of hydrogen-bond donors (Lipinski definition) is 1. The zero-order valence-corrected chi connectivity index (χ0v) is 17.2. The van der Waals surface area contributed by atoms with Gasteiger partial charge >= 0.3 is 0 Å². The van der Waals surface area contributed by atoms with Crippen LogP contribution in [0.1, 0.15) is 28.8 Å². The summed E-state index contributed by atoms with van der Waals surface area (Å²) in [6.07, 6.45) is 0.992. The number of carbonyl (C=O) groups excluding carboxylic acids is 1. The maximum atomic E-state index is 13.9. The van der Waals surface area contributed by atoms with Crippen molar-refractivity contribution < 1.29 is 22.0 Å². The van der Waals surface area contributed by atoms with Crippen LogP contribution >= 0.6 is 11.6 Å². The molecule has 0 atom stereocenters. The number of pyridine rings is 1. The summed E-state index contributed by atoms with van der Waals surface area (Å²) in [6, 6.07) is 14.0. The molecule has 0 aliphatic heterocycles. The molecule has 0 fully saturated rings. The monoisotopic (exact) mass is 450 g/mol. The van der Waals surface area contributed by atoms with E-state index in [1.165, 1.54) is 30.3 Å². The highest BCUT2D eigenvalue weighted by Gasteiger charge is 2.17. The van der Waals surface area contributed by atoms with Crippen molar-refractivity contribution in [1.82, 2.24) is 4.98 Å². The summed E-state index contributed by atoms with van der Waals surface area (Å²) < 4.78 is 54.0. The average molecular weight is 451 g/mol. The van der Waals surface area contributed by atoms with E-state index in [0.29, 0.717) is 12.8 Å². The number of ketones is 1. The van der Waals surface area contributed by atoms with Gasteiger partial charge in [-0.1, -0.05) is 35.9 Å². The van der Waals surface area contributed by atoms with Crippen LogP contribution in [0.3, 0.4) is 0 Å². The molecular weight excluding hydrogens is 434 g/mol. The van der Waals surface area contributed by atoms with Crippen LogP contribution in [0, 0.1) is 11.8 Å². The molecule has 0 spiro atoms. The Bertz CT molecular complexity index is 1170. The lowest BCUT2D eigenvalue weighted by molar-refractivity contribution is 0.0979. The summed E-state index contributed by atoms with van der Waals surface area (Å²) in [7, 11) is -3.97. The number of benzene rings is 2. The number of Topliss-reactive ketones (excluding diaryl/α,β-unsaturated/α-hetero) is 1. The molecule has 0 aliphatic rings. The van der Waals surface area contributed by atoms with Crippen LogP contribution in [0.5, 0.6) is 0 Å². The molecule has 1 heterocycles. The Labute approximate surface area is 177 Å². The van der Waals surface area contributed by atoms with Crippen molar-refractivity contribution in [3.8, 4) is 0 Å².